The number of rotatable bonds is 9. The summed E-state index contributed by atoms with van der Waals surface area (Å²) in [5.41, 5.74) is 0.926. The van der Waals surface area contributed by atoms with Crippen LogP contribution in [-0.4, -0.2) is 68.6 Å². The molecule has 0 radical (unpaired) electrons. The molecule has 1 saturated heterocycles. The van der Waals surface area contributed by atoms with Crippen LogP contribution >= 0.6 is 11.8 Å². The molecule has 0 atom stereocenters. The fourth-order valence-corrected chi connectivity index (χ4v) is 5.87. The Labute approximate surface area is 200 Å². The summed E-state index contributed by atoms with van der Waals surface area (Å²) in [6.45, 7) is 1.54. The molecule has 10 heteroatoms. The maximum atomic E-state index is 12.9. The van der Waals surface area contributed by atoms with Crippen molar-refractivity contribution in [2.75, 3.05) is 40.1 Å². The van der Waals surface area contributed by atoms with Crippen LogP contribution in [0.5, 0.6) is 11.5 Å². The van der Waals surface area contributed by atoms with Crippen LogP contribution in [0.25, 0.3) is 0 Å². The number of benzene rings is 1. The number of ether oxygens (including phenoxy) is 2. The molecule has 1 aromatic heterocycles. The molecule has 33 heavy (non-hydrogen) atoms. The summed E-state index contributed by atoms with van der Waals surface area (Å²) in [5.74, 6) is 1.40. The van der Waals surface area contributed by atoms with Crippen molar-refractivity contribution in [2.45, 2.75) is 42.1 Å². The average Bonchev–Trinajstić information content (AvgIpc) is 3.13. The molecule has 1 aliphatic heterocycles. The molecular formula is C23H31N3O5S2. The van der Waals surface area contributed by atoms with Gasteiger partial charge in [0.2, 0.25) is 15.9 Å². The van der Waals surface area contributed by atoms with Gasteiger partial charge in [0.15, 0.2) is 11.5 Å². The summed E-state index contributed by atoms with van der Waals surface area (Å²) in [7, 11) is 1.37. The smallest absolute Gasteiger partial charge is 0.244 e. The van der Waals surface area contributed by atoms with Crippen LogP contribution in [0, 0.1) is 0 Å². The number of methoxy groups -OCH3 is 2. The molecule has 0 bridgehead atoms. The molecule has 3 rings (SSSR count). The third-order valence-electron chi connectivity index (χ3n) is 5.55. The second kappa shape index (κ2) is 11.7. The molecule has 0 N–H and O–H groups in total. The maximum absolute atomic E-state index is 12.9. The molecule has 2 heterocycles. The first-order valence-electron chi connectivity index (χ1n) is 10.9. The normalized spacial score (nSPS) is 15.0. The Morgan fingerprint density at radius 3 is 2.36 bits per heavy atom. The molecule has 8 nitrogen and oxygen atoms in total. The number of hydrogen-bond acceptors (Lipinski definition) is 7. The van der Waals surface area contributed by atoms with Gasteiger partial charge in [-0.05, 0) is 42.7 Å². The predicted octanol–water partition coefficient (Wildman–Crippen LogP) is 3.41. The predicted molar refractivity (Wildman–Crippen MR) is 128 cm³/mol. The Morgan fingerprint density at radius 2 is 1.76 bits per heavy atom. The number of thioether (sulfide) groups is 1. The van der Waals surface area contributed by atoms with Gasteiger partial charge in [-0.25, -0.2) is 13.4 Å². The number of pyridine rings is 1. The van der Waals surface area contributed by atoms with E-state index in [4.69, 9.17) is 9.47 Å². The minimum atomic E-state index is -3.53. The summed E-state index contributed by atoms with van der Waals surface area (Å²) < 4.78 is 37.8. The van der Waals surface area contributed by atoms with Crippen LogP contribution in [0.4, 0.5) is 0 Å². The Bertz CT molecular complexity index is 1040. The molecule has 0 spiro atoms. The highest BCUT2D eigenvalue weighted by Crippen LogP contribution is 2.28. The Morgan fingerprint density at radius 1 is 1.06 bits per heavy atom. The van der Waals surface area contributed by atoms with Crippen LogP contribution < -0.4 is 9.47 Å². The summed E-state index contributed by atoms with van der Waals surface area (Å²) in [4.78, 5) is 18.7. The van der Waals surface area contributed by atoms with Crippen molar-refractivity contribution < 1.29 is 22.7 Å². The fraction of sp³-hybridized carbons (Fsp3) is 0.478. The van der Waals surface area contributed by atoms with Gasteiger partial charge in [-0.15, -0.1) is 0 Å². The van der Waals surface area contributed by atoms with E-state index in [2.05, 4.69) is 4.98 Å². The topological polar surface area (TPSA) is 89.0 Å². The highest BCUT2D eigenvalue weighted by atomic mass is 32.2. The third-order valence-corrected chi connectivity index (χ3v) is 8.36. The Balaban J connectivity index is 1.55. The van der Waals surface area contributed by atoms with E-state index in [0.717, 1.165) is 31.2 Å². The largest absolute Gasteiger partial charge is 0.493 e. The van der Waals surface area contributed by atoms with Crippen LogP contribution in [0.15, 0.2) is 46.5 Å². The quantitative estimate of drug-likeness (QED) is 0.495. The van der Waals surface area contributed by atoms with Crippen molar-refractivity contribution in [3.8, 4) is 11.5 Å². The van der Waals surface area contributed by atoms with E-state index >= 15 is 0 Å². The lowest BCUT2D eigenvalue weighted by atomic mass is 10.2. The van der Waals surface area contributed by atoms with E-state index in [1.165, 1.54) is 18.0 Å². The number of sulfonamides is 1. The standard InChI is InChI=1S/C23H31N3O5S2/c1-25(16-18-8-10-20(30-2)21(14-18)31-3)23(27)17-32-22-11-9-19(15-24-22)33(28,29)26-12-6-4-5-7-13-26/h8-11,14-15H,4-7,12-13,16-17H2,1-3H3. The zero-order valence-electron chi connectivity index (χ0n) is 19.3. The summed E-state index contributed by atoms with van der Waals surface area (Å²) >= 11 is 1.28. The van der Waals surface area contributed by atoms with E-state index in [9.17, 15) is 13.2 Å². The van der Waals surface area contributed by atoms with Gasteiger partial charge in [-0.1, -0.05) is 30.7 Å². The van der Waals surface area contributed by atoms with Crippen molar-refractivity contribution in [3.05, 3.63) is 42.1 Å². The van der Waals surface area contributed by atoms with E-state index < -0.39 is 10.0 Å². The minimum absolute atomic E-state index is 0.0575. The molecule has 180 valence electrons. The molecule has 2 aromatic rings. The third kappa shape index (κ3) is 6.61. The molecule has 0 aliphatic carbocycles. The van der Waals surface area contributed by atoms with Gasteiger partial charge in [0.05, 0.1) is 25.0 Å². The van der Waals surface area contributed by atoms with Gasteiger partial charge >= 0.3 is 0 Å². The van der Waals surface area contributed by atoms with Crippen LogP contribution in [-0.2, 0) is 21.4 Å². The first-order valence-corrected chi connectivity index (χ1v) is 13.3. The molecule has 0 saturated carbocycles. The van der Waals surface area contributed by atoms with Crippen LogP contribution in [0.2, 0.25) is 0 Å². The number of amides is 1. The summed E-state index contributed by atoms with van der Waals surface area (Å²) in [6.07, 6.45) is 5.29. The maximum Gasteiger partial charge on any atom is 0.244 e. The van der Waals surface area contributed by atoms with Gasteiger partial charge in [0, 0.05) is 32.9 Å². The van der Waals surface area contributed by atoms with E-state index in [1.807, 2.05) is 18.2 Å². The number of carbonyl (C=O) groups excluding carboxylic acids is 1. The Hall–Kier alpha value is -2.30. The summed E-state index contributed by atoms with van der Waals surface area (Å²) in [5, 5.41) is 0.609. The van der Waals surface area contributed by atoms with E-state index in [0.29, 0.717) is 36.2 Å². The first-order chi connectivity index (χ1) is 15.8. The second-order valence-corrected chi connectivity index (χ2v) is 10.8. The first kappa shape index (κ1) is 25.3. The summed E-state index contributed by atoms with van der Waals surface area (Å²) in [6, 6.07) is 8.79. The lowest BCUT2D eigenvalue weighted by Gasteiger charge is -2.20. The fourth-order valence-electron chi connectivity index (χ4n) is 3.62. The van der Waals surface area contributed by atoms with Gasteiger partial charge in [-0.3, -0.25) is 4.79 Å². The molecule has 0 unspecified atom stereocenters. The number of aromatic nitrogens is 1. The SMILES string of the molecule is COc1ccc(CN(C)C(=O)CSc2ccc(S(=O)(=O)N3CCCCCC3)cn2)cc1OC. The second-order valence-electron chi connectivity index (χ2n) is 7.88. The van der Waals surface area contributed by atoms with Crippen molar-refractivity contribution in [1.29, 1.82) is 0 Å². The van der Waals surface area contributed by atoms with E-state index in [-0.39, 0.29) is 16.6 Å². The number of hydrogen-bond donors (Lipinski definition) is 0. The zero-order valence-corrected chi connectivity index (χ0v) is 21.0. The molecular weight excluding hydrogens is 462 g/mol. The lowest BCUT2D eigenvalue weighted by Crippen LogP contribution is -2.32. The van der Waals surface area contributed by atoms with Gasteiger partial charge in [0.1, 0.15) is 4.90 Å². The van der Waals surface area contributed by atoms with Gasteiger partial charge in [0.25, 0.3) is 0 Å². The van der Waals surface area contributed by atoms with Crippen molar-refractivity contribution in [1.82, 2.24) is 14.2 Å². The van der Waals surface area contributed by atoms with Crippen molar-refractivity contribution >= 4 is 27.7 Å². The molecule has 1 amide bonds. The number of nitrogens with zero attached hydrogens (tertiary/aromatic N) is 3. The molecule has 1 aromatic carbocycles. The minimum Gasteiger partial charge on any atom is -0.493 e. The average molecular weight is 494 g/mol. The monoisotopic (exact) mass is 493 g/mol. The van der Waals surface area contributed by atoms with Gasteiger partial charge < -0.3 is 14.4 Å². The highest BCUT2D eigenvalue weighted by molar-refractivity contribution is 7.99. The van der Waals surface area contributed by atoms with Gasteiger partial charge in [-0.2, -0.15) is 4.31 Å². The molecule has 1 aliphatic rings. The lowest BCUT2D eigenvalue weighted by molar-refractivity contribution is -0.127. The van der Waals surface area contributed by atoms with Crippen molar-refractivity contribution in [3.63, 3.8) is 0 Å². The van der Waals surface area contributed by atoms with Crippen LogP contribution in [0.1, 0.15) is 31.2 Å². The molecule has 1 fully saturated rings. The Kier molecular flexibility index (Phi) is 8.99. The highest BCUT2D eigenvalue weighted by Gasteiger charge is 2.25. The van der Waals surface area contributed by atoms with Crippen molar-refractivity contribution in [2.24, 2.45) is 0 Å². The van der Waals surface area contributed by atoms with E-state index in [1.54, 1.807) is 42.6 Å². The van der Waals surface area contributed by atoms with Crippen LogP contribution in [0.3, 0.4) is 0 Å². The number of carbonyl (C=O) groups is 1. The zero-order chi connectivity index (χ0) is 23.8.